The molecule has 0 aromatic heterocycles. The van der Waals surface area contributed by atoms with E-state index in [2.05, 4.69) is 5.32 Å². The summed E-state index contributed by atoms with van der Waals surface area (Å²) in [6.07, 6.45) is -0.0669. The summed E-state index contributed by atoms with van der Waals surface area (Å²) in [7, 11) is 0. The highest BCUT2D eigenvalue weighted by atomic mass is 16.6. The number of carboxylic acids is 1. The Balaban J connectivity index is 2.22. The van der Waals surface area contributed by atoms with Gasteiger partial charge in [0.15, 0.2) is 11.5 Å². The lowest BCUT2D eigenvalue weighted by Gasteiger charge is -2.16. The van der Waals surface area contributed by atoms with Crippen LogP contribution < -0.4 is 14.8 Å². The van der Waals surface area contributed by atoms with Crippen molar-refractivity contribution >= 4 is 23.8 Å². The summed E-state index contributed by atoms with van der Waals surface area (Å²) < 4.78 is 10.0. The molecule has 2 N–H and O–H groups in total. The second-order valence-corrected chi connectivity index (χ2v) is 5.90. The number of benzene rings is 2. The van der Waals surface area contributed by atoms with Gasteiger partial charge in [-0.25, -0.2) is 4.79 Å². The summed E-state index contributed by atoms with van der Waals surface area (Å²) in [5, 5.41) is 11.9. The molecular weight excluding hydrogens is 366 g/mol. The molecule has 0 spiro atoms. The summed E-state index contributed by atoms with van der Waals surface area (Å²) >= 11 is 0. The maximum absolute atomic E-state index is 12.2. The minimum absolute atomic E-state index is 0.0151. The number of hydrogen-bond donors (Lipinski definition) is 2. The van der Waals surface area contributed by atoms with E-state index in [0.717, 1.165) is 0 Å². The van der Waals surface area contributed by atoms with Crippen molar-refractivity contribution < 1.29 is 33.8 Å². The van der Waals surface area contributed by atoms with Crippen molar-refractivity contribution in [3.05, 3.63) is 59.7 Å². The number of esters is 2. The second kappa shape index (κ2) is 9.31. The summed E-state index contributed by atoms with van der Waals surface area (Å²) in [4.78, 5) is 46.3. The summed E-state index contributed by atoms with van der Waals surface area (Å²) in [5.41, 5.74) is 0.799. The molecule has 8 nitrogen and oxygen atoms in total. The van der Waals surface area contributed by atoms with Crippen LogP contribution in [0.3, 0.4) is 0 Å². The van der Waals surface area contributed by atoms with Crippen LogP contribution in [0.2, 0.25) is 0 Å². The number of carbonyl (C=O) groups is 4. The van der Waals surface area contributed by atoms with Crippen LogP contribution in [0.4, 0.5) is 0 Å². The lowest BCUT2D eigenvalue weighted by Crippen LogP contribution is -2.42. The minimum atomic E-state index is -1.22. The third-order valence-corrected chi connectivity index (χ3v) is 3.59. The Kier molecular flexibility index (Phi) is 6.86. The summed E-state index contributed by atoms with van der Waals surface area (Å²) in [5.74, 6) is -2.95. The SMILES string of the molecule is CC(=O)Oc1ccc(C[C@H](NC(=O)c2ccccc2)C(=O)O)cc1OC(C)=O. The largest absolute Gasteiger partial charge is 0.480 e. The monoisotopic (exact) mass is 385 g/mol. The molecule has 146 valence electrons. The smallest absolute Gasteiger partial charge is 0.326 e. The highest BCUT2D eigenvalue weighted by Crippen LogP contribution is 2.29. The quantitative estimate of drug-likeness (QED) is 0.552. The van der Waals surface area contributed by atoms with Crippen molar-refractivity contribution in [3.63, 3.8) is 0 Å². The topological polar surface area (TPSA) is 119 Å². The molecule has 0 unspecified atom stereocenters. The highest BCUT2D eigenvalue weighted by Gasteiger charge is 2.22. The molecule has 0 fully saturated rings. The molecule has 1 atom stereocenters. The van der Waals surface area contributed by atoms with E-state index < -0.39 is 29.9 Å². The van der Waals surface area contributed by atoms with Gasteiger partial charge in [0.1, 0.15) is 6.04 Å². The molecule has 0 aliphatic rings. The summed E-state index contributed by atoms with van der Waals surface area (Å²) in [6.45, 7) is 2.38. The normalized spacial score (nSPS) is 11.2. The first kappa shape index (κ1) is 20.6. The molecule has 2 rings (SSSR count). The van der Waals surface area contributed by atoms with E-state index in [-0.39, 0.29) is 17.9 Å². The first-order valence-electron chi connectivity index (χ1n) is 8.34. The number of carboxylic acid groups (broad SMARTS) is 1. The average molecular weight is 385 g/mol. The standard InChI is InChI=1S/C20H19NO7/c1-12(22)27-17-9-8-14(11-18(17)28-13(2)23)10-16(20(25)26)21-19(24)15-6-4-3-5-7-15/h3-9,11,16H,10H2,1-2H3,(H,21,24)(H,25,26)/t16-/m0/s1. The molecule has 0 saturated heterocycles. The van der Waals surface area contributed by atoms with E-state index in [0.29, 0.717) is 11.1 Å². The third-order valence-electron chi connectivity index (χ3n) is 3.59. The van der Waals surface area contributed by atoms with Crippen LogP contribution in [0.25, 0.3) is 0 Å². The highest BCUT2D eigenvalue weighted by molar-refractivity contribution is 5.96. The number of hydrogen-bond acceptors (Lipinski definition) is 6. The molecule has 0 aliphatic heterocycles. The van der Waals surface area contributed by atoms with Gasteiger partial charge in [-0.2, -0.15) is 0 Å². The zero-order valence-electron chi connectivity index (χ0n) is 15.3. The van der Waals surface area contributed by atoms with Crippen LogP contribution in [0.15, 0.2) is 48.5 Å². The Morgan fingerprint density at radius 1 is 0.929 bits per heavy atom. The molecule has 0 aliphatic carbocycles. The second-order valence-electron chi connectivity index (χ2n) is 5.90. The number of rotatable bonds is 7. The predicted octanol–water partition coefficient (Wildman–Crippen LogP) is 1.96. The minimum Gasteiger partial charge on any atom is -0.480 e. The zero-order chi connectivity index (χ0) is 20.7. The van der Waals surface area contributed by atoms with Crippen molar-refractivity contribution in [1.29, 1.82) is 0 Å². The van der Waals surface area contributed by atoms with Crippen LogP contribution >= 0.6 is 0 Å². The number of amides is 1. The Morgan fingerprint density at radius 3 is 2.11 bits per heavy atom. The summed E-state index contributed by atoms with van der Waals surface area (Å²) in [6, 6.07) is 11.3. The van der Waals surface area contributed by atoms with Crippen molar-refractivity contribution in [2.75, 3.05) is 0 Å². The van der Waals surface area contributed by atoms with E-state index in [1.54, 1.807) is 30.3 Å². The lowest BCUT2D eigenvalue weighted by molar-refractivity contribution is -0.139. The van der Waals surface area contributed by atoms with Gasteiger partial charge >= 0.3 is 17.9 Å². The molecule has 2 aromatic carbocycles. The van der Waals surface area contributed by atoms with Crippen molar-refractivity contribution in [2.45, 2.75) is 26.3 Å². The fourth-order valence-electron chi connectivity index (χ4n) is 2.42. The Hall–Kier alpha value is -3.68. The number of ether oxygens (including phenoxy) is 2. The molecular formula is C20H19NO7. The first-order valence-corrected chi connectivity index (χ1v) is 8.34. The van der Waals surface area contributed by atoms with Gasteiger partial charge in [-0.05, 0) is 29.8 Å². The van der Waals surface area contributed by atoms with Gasteiger partial charge in [0.25, 0.3) is 5.91 Å². The molecule has 2 aromatic rings. The van der Waals surface area contributed by atoms with Crippen LogP contribution in [0.5, 0.6) is 11.5 Å². The molecule has 0 saturated carbocycles. The number of aliphatic carboxylic acids is 1. The van der Waals surface area contributed by atoms with E-state index >= 15 is 0 Å². The van der Waals surface area contributed by atoms with Crippen LogP contribution in [0.1, 0.15) is 29.8 Å². The van der Waals surface area contributed by atoms with Crippen LogP contribution in [-0.2, 0) is 20.8 Å². The van der Waals surface area contributed by atoms with Crippen molar-refractivity contribution in [1.82, 2.24) is 5.32 Å². The fourth-order valence-corrected chi connectivity index (χ4v) is 2.42. The molecule has 0 radical (unpaired) electrons. The van der Waals surface area contributed by atoms with Gasteiger partial charge in [-0.3, -0.25) is 14.4 Å². The van der Waals surface area contributed by atoms with Gasteiger partial charge in [-0.1, -0.05) is 24.3 Å². The van der Waals surface area contributed by atoms with E-state index in [4.69, 9.17) is 9.47 Å². The number of carbonyl (C=O) groups excluding carboxylic acids is 3. The predicted molar refractivity (Wildman–Crippen MR) is 98.1 cm³/mol. The van der Waals surface area contributed by atoms with Crippen molar-refractivity contribution in [3.8, 4) is 11.5 Å². The van der Waals surface area contributed by atoms with E-state index in [1.807, 2.05) is 0 Å². The fraction of sp³-hybridized carbons (Fsp3) is 0.200. The lowest BCUT2D eigenvalue weighted by atomic mass is 10.0. The first-order chi connectivity index (χ1) is 13.3. The zero-order valence-corrected chi connectivity index (χ0v) is 15.3. The van der Waals surface area contributed by atoms with E-state index in [1.165, 1.54) is 32.0 Å². The average Bonchev–Trinajstić information content (AvgIpc) is 2.63. The van der Waals surface area contributed by atoms with Gasteiger partial charge in [0.2, 0.25) is 0 Å². The Labute approximate surface area is 161 Å². The molecule has 0 bridgehead atoms. The molecule has 0 heterocycles. The van der Waals surface area contributed by atoms with E-state index in [9.17, 15) is 24.3 Å². The van der Waals surface area contributed by atoms with Gasteiger partial charge < -0.3 is 19.9 Å². The molecule has 1 amide bonds. The molecule has 28 heavy (non-hydrogen) atoms. The number of nitrogens with one attached hydrogen (secondary N) is 1. The van der Waals surface area contributed by atoms with Crippen LogP contribution in [-0.4, -0.2) is 35.0 Å². The van der Waals surface area contributed by atoms with Gasteiger partial charge in [-0.15, -0.1) is 0 Å². The molecule has 8 heteroatoms. The Morgan fingerprint density at radius 2 is 1.54 bits per heavy atom. The van der Waals surface area contributed by atoms with Gasteiger partial charge in [0.05, 0.1) is 0 Å². The third kappa shape index (κ3) is 5.94. The maximum atomic E-state index is 12.2. The van der Waals surface area contributed by atoms with Crippen molar-refractivity contribution in [2.24, 2.45) is 0 Å². The maximum Gasteiger partial charge on any atom is 0.326 e. The van der Waals surface area contributed by atoms with Crippen LogP contribution in [0, 0.1) is 0 Å². The Bertz CT molecular complexity index is 893. The van der Waals surface area contributed by atoms with Gasteiger partial charge in [0, 0.05) is 25.8 Å².